The Morgan fingerprint density at radius 2 is 1.90 bits per heavy atom. The molecule has 2 bridgehead atoms. The van der Waals surface area contributed by atoms with Gasteiger partial charge in [0, 0.05) is 19.2 Å². The largest absolute Gasteiger partial charge is 0.485 e. The number of halogens is 2. The molecule has 3 fully saturated rings. The zero-order valence-corrected chi connectivity index (χ0v) is 17.5. The second kappa shape index (κ2) is 8.04. The van der Waals surface area contributed by atoms with Gasteiger partial charge in [0.05, 0.1) is 11.3 Å². The van der Waals surface area contributed by atoms with Gasteiger partial charge in [0.1, 0.15) is 23.9 Å². The molecule has 1 atom stereocenters. The van der Waals surface area contributed by atoms with Crippen LogP contribution in [0.4, 0.5) is 8.78 Å². The zero-order chi connectivity index (χ0) is 21.5. The lowest BCUT2D eigenvalue weighted by atomic mass is 9.76. The van der Waals surface area contributed by atoms with Crippen LogP contribution in [0.15, 0.2) is 36.5 Å². The molecule has 5 nitrogen and oxygen atoms in total. The molecule has 31 heavy (non-hydrogen) atoms. The Morgan fingerprint density at radius 3 is 2.58 bits per heavy atom. The lowest BCUT2D eigenvalue weighted by molar-refractivity contribution is 0.0439. The summed E-state index contributed by atoms with van der Waals surface area (Å²) in [7, 11) is 0. The number of rotatable bonds is 6. The number of Topliss-reactive ketones (excluding diaryl/α,β-unsaturated/α-hetero) is 1. The number of hydrogen-bond donors (Lipinski definition) is 0. The fraction of sp³-hybridized carbons (Fsp3) is 0.417. The van der Waals surface area contributed by atoms with Crippen LogP contribution < -0.4 is 4.74 Å². The molecule has 3 saturated heterocycles. The maximum absolute atomic E-state index is 13.9. The van der Waals surface area contributed by atoms with E-state index in [0.717, 1.165) is 19.6 Å². The van der Waals surface area contributed by atoms with E-state index in [1.807, 2.05) is 6.92 Å². The van der Waals surface area contributed by atoms with E-state index in [9.17, 15) is 13.6 Å². The van der Waals surface area contributed by atoms with E-state index in [1.165, 1.54) is 31.0 Å². The molecule has 162 valence electrons. The number of carbonyl (C=O) groups is 1. The molecule has 0 saturated carbocycles. The van der Waals surface area contributed by atoms with Gasteiger partial charge in [0.15, 0.2) is 17.2 Å². The first-order chi connectivity index (χ1) is 15.0. The molecule has 1 unspecified atom stereocenters. The van der Waals surface area contributed by atoms with E-state index in [-0.39, 0.29) is 18.0 Å². The monoisotopic (exact) mass is 425 g/mol. The van der Waals surface area contributed by atoms with Crippen LogP contribution in [0.1, 0.15) is 41.0 Å². The van der Waals surface area contributed by atoms with Gasteiger partial charge in [-0.1, -0.05) is 6.07 Å². The first-order valence-electron chi connectivity index (χ1n) is 10.8. The normalized spacial score (nSPS) is 22.7. The number of carbonyl (C=O) groups excluding carboxylic acids is 1. The lowest BCUT2D eigenvalue weighted by Gasteiger charge is -2.44. The predicted octanol–water partition coefficient (Wildman–Crippen LogP) is 4.41. The highest BCUT2D eigenvalue weighted by atomic mass is 19.1. The number of pyridine rings is 1. The fourth-order valence-corrected chi connectivity index (χ4v) is 5.08. The van der Waals surface area contributed by atoms with Crippen molar-refractivity contribution in [1.82, 2.24) is 14.3 Å². The Labute approximate surface area is 179 Å². The molecule has 6 rings (SSSR count). The quantitative estimate of drug-likeness (QED) is 0.549. The fourth-order valence-electron chi connectivity index (χ4n) is 5.08. The molecule has 7 heteroatoms. The van der Waals surface area contributed by atoms with Crippen molar-refractivity contribution in [2.75, 3.05) is 19.6 Å². The summed E-state index contributed by atoms with van der Waals surface area (Å²) in [5.74, 6) is 0.183. The zero-order valence-electron chi connectivity index (χ0n) is 17.5. The van der Waals surface area contributed by atoms with Crippen molar-refractivity contribution in [3.8, 4) is 5.75 Å². The molecule has 0 amide bonds. The predicted molar refractivity (Wildman–Crippen MR) is 112 cm³/mol. The summed E-state index contributed by atoms with van der Waals surface area (Å²) in [4.78, 5) is 20.2. The van der Waals surface area contributed by atoms with Crippen LogP contribution in [0.2, 0.25) is 0 Å². The van der Waals surface area contributed by atoms with Crippen molar-refractivity contribution in [3.63, 3.8) is 0 Å². The van der Waals surface area contributed by atoms with E-state index in [1.54, 1.807) is 22.7 Å². The number of benzene rings is 1. The second-order valence-corrected chi connectivity index (χ2v) is 8.63. The summed E-state index contributed by atoms with van der Waals surface area (Å²) < 4.78 is 35.3. The second-order valence-electron chi connectivity index (χ2n) is 8.63. The van der Waals surface area contributed by atoms with Crippen molar-refractivity contribution >= 4 is 11.4 Å². The summed E-state index contributed by atoms with van der Waals surface area (Å²) >= 11 is 0. The number of imidazole rings is 1. The highest BCUT2D eigenvalue weighted by Crippen LogP contribution is 2.35. The molecule has 3 aromatic rings. The number of ether oxygens (including phenoxy) is 1. The van der Waals surface area contributed by atoms with Crippen LogP contribution in [-0.2, 0) is 6.61 Å². The maximum Gasteiger partial charge on any atom is 0.181 e. The Balaban J connectivity index is 1.39. The first kappa shape index (κ1) is 20.1. The number of piperidine rings is 3. The van der Waals surface area contributed by atoms with Gasteiger partial charge in [-0.15, -0.1) is 0 Å². The standard InChI is InChI=1S/C24H25F2N3O2/c1-15-23(21(30)12-17-13-28-10-7-16(17)8-11-28)29-9-3-6-22(24(29)27-15)31-14-18-19(25)4-2-5-20(18)26/h2-6,9,16-17H,7-8,10-14H2,1H3. The SMILES string of the molecule is Cc1nc2c(OCc3c(F)cccc3F)cccn2c1C(=O)CC1CN2CCC1CC2. The van der Waals surface area contributed by atoms with Crippen molar-refractivity contribution in [2.45, 2.75) is 32.8 Å². The molecule has 2 aromatic heterocycles. The molecule has 0 spiro atoms. The minimum absolute atomic E-state index is 0.0843. The summed E-state index contributed by atoms with van der Waals surface area (Å²) in [6.45, 7) is 4.85. The lowest BCUT2D eigenvalue weighted by Crippen LogP contribution is -2.47. The van der Waals surface area contributed by atoms with Crippen molar-refractivity contribution in [3.05, 3.63) is 65.1 Å². The summed E-state index contributed by atoms with van der Waals surface area (Å²) in [5, 5.41) is 0. The number of aromatic nitrogens is 2. The van der Waals surface area contributed by atoms with Crippen LogP contribution in [0, 0.1) is 30.4 Å². The number of ketones is 1. The van der Waals surface area contributed by atoms with Gasteiger partial charge in [-0.25, -0.2) is 13.8 Å². The molecular weight excluding hydrogens is 400 g/mol. The third-order valence-electron chi connectivity index (χ3n) is 6.73. The highest BCUT2D eigenvalue weighted by molar-refractivity contribution is 5.97. The van der Waals surface area contributed by atoms with Crippen molar-refractivity contribution in [2.24, 2.45) is 11.8 Å². The Morgan fingerprint density at radius 1 is 1.16 bits per heavy atom. The van der Waals surface area contributed by atoms with Gasteiger partial charge in [0.2, 0.25) is 0 Å². The van der Waals surface area contributed by atoms with Crippen molar-refractivity contribution in [1.29, 1.82) is 0 Å². The van der Waals surface area contributed by atoms with E-state index in [0.29, 0.717) is 41.0 Å². The summed E-state index contributed by atoms with van der Waals surface area (Å²) in [6.07, 6.45) is 4.65. The smallest absolute Gasteiger partial charge is 0.181 e. The van der Waals surface area contributed by atoms with Gasteiger partial charge in [-0.3, -0.25) is 9.20 Å². The first-order valence-corrected chi connectivity index (χ1v) is 10.8. The Hall–Kier alpha value is -2.80. The van der Waals surface area contributed by atoms with E-state index >= 15 is 0 Å². The molecule has 5 heterocycles. The Kier molecular flexibility index (Phi) is 5.22. The molecule has 3 aliphatic rings. The van der Waals surface area contributed by atoms with Gasteiger partial charge < -0.3 is 9.64 Å². The molecule has 0 radical (unpaired) electrons. The van der Waals surface area contributed by atoms with E-state index in [4.69, 9.17) is 4.74 Å². The van der Waals surface area contributed by atoms with Gasteiger partial charge in [0.25, 0.3) is 0 Å². The number of fused-ring (bicyclic) bond motifs is 4. The molecule has 1 aromatic carbocycles. The maximum atomic E-state index is 13.9. The molecule has 0 aliphatic carbocycles. The van der Waals surface area contributed by atoms with Crippen LogP contribution in [0.3, 0.4) is 0 Å². The van der Waals surface area contributed by atoms with Gasteiger partial charge in [-0.2, -0.15) is 0 Å². The van der Waals surface area contributed by atoms with E-state index < -0.39 is 11.6 Å². The van der Waals surface area contributed by atoms with Crippen LogP contribution in [0.5, 0.6) is 5.75 Å². The minimum atomic E-state index is -0.653. The van der Waals surface area contributed by atoms with Gasteiger partial charge in [-0.05, 0) is 69.0 Å². The van der Waals surface area contributed by atoms with Crippen LogP contribution >= 0.6 is 0 Å². The van der Waals surface area contributed by atoms with Crippen LogP contribution in [-0.4, -0.2) is 39.7 Å². The van der Waals surface area contributed by atoms with Crippen LogP contribution in [0.25, 0.3) is 5.65 Å². The number of hydrogen-bond acceptors (Lipinski definition) is 4. The summed E-state index contributed by atoms with van der Waals surface area (Å²) in [5.41, 5.74) is 1.55. The third kappa shape index (κ3) is 3.71. The molecule has 3 aliphatic heterocycles. The topological polar surface area (TPSA) is 46.8 Å². The molecular formula is C24H25F2N3O2. The Bertz CT molecular complexity index is 1120. The van der Waals surface area contributed by atoms with E-state index in [2.05, 4.69) is 9.88 Å². The minimum Gasteiger partial charge on any atom is -0.485 e. The average Bonchev–Trinajstić information content (AvgIpc) is 3.11. The van der Waals surface area contributed by atoms with Gasteiger partial charge >= 0.3 is 0 Å². The average molecular weight is 425 g/mol. The highest BCUT2D eigenvalue weighted by Gasteiger charge is 2.36. The third-order valence-corrected chi connectivity index (χ3v) is 6.73. The molecule has 0 N–H and O–H groups in total. The number of aryl methyl sites for hydroxylation is 1. The summed E-state index contributed by atoms with van der Waals surface area (Å²) in [6, 6.07) is 7.18. The number of nitrogens with zero attached hydrogens (tertiary/aromatic N) is 3. The van der Waals surface area contributed by atoms with Crippen molar-refractivity contribution < 1.29 is 18.3 Å².